The highest BCUT2D eigenvalue weighted by Crippen LogP contribution is 2.30. The van der Waals surface area contributed by atoms with E-state index in [4.69, 9.17) is 0 Å². The van der Waals surface area contributed by atoms with E-state index in [1.165, 1.54) is 71.0 Å². The molecular weight excluding hydrogens is 220 g/mol. The van der Waals surface area contributed by atoms with Gasteiger partial charge in [0, 0.05) is 12.6 Å². The molecule has 2 aliphatic rings. The van der Waals surface area contributed by atoms with Gasteiger partial charge in [-0.1, -0.05) is 32.6 Å². The lowest BCUT2D eigenvalue weighted by molar-refractivity contribution is 0.180. The first-order valence-corrected chi connectivity index (χ1v) is 8.16. The van der Waals surface area contributed by atoms with E-state index >= 15 is 0 Å². The maximum Gasteiger partial charge on any atom is 0.0217 e. The number of rotatable bonds is 5. The van der Waals surface area contributed by atoms with Crippen molar-refractivity contribution in [3.63, 3.8) is 0 Å². The van der Waals surface area contributed by atoms with Gasteiger partial charge in [0.25, 0.3) is 0 Å². The second-order valence-corrected chi connectivity index (χ2v) is 6.76. The molecule has 18 heavy (non-hydrogen) atoms. The van der Waals surface area contributed by atoms with Gasteiger partial charge in [-0.15, -0.1) is 0 Å². The third-order valence-corrected chi connectivity index (χ3v) is 5.08. The minimum absolute atomic E-state index is 0.795. The molecule has 0 aromatic rings. The number of hydrogen-bond acceptors (Lipinski definition) is 2. The zero-order chi connectivity index (χ0) is 12.8. The van der Waals surface area contributed by atoms with Crippen LogP contribution in [-0.2, 0) is 0 Å². The van der Waals surface area contributed by atoms with Gasteiger partial charge in [0.1, 0.15) is 0 Å². The average molecular weight is 252 g/mol. The van der Waals surface area contributed by atoms with E-state index in [9.17, 15) is 0 Å². The van der Waals surface area contributed by atoms with Gasteiger partial charge in [0.05, 0.1) is 0 Å². The first-order chi connectivity index (χ1) is 8.75. The number of piperidine rings is 1. The van der Waals surface area contributed by atoms with Crippen molar-refractivity contribution in [2.24, 2.45) is 11.8 Å². The maximum absolute atomic E-state index is 3.71. The topological polar surface area (TPSA) is 15.3 Å². The molecule has 1 heterocycles. The van der Waals surface area contributed by atoms with Gasteiger partial charge in [-0.05, 0) is 57.7 Å². The number of likely N-dealkylation sites (tertiary alicyclic amines) is 1. The first-order valence-electron chi connectivity index (χ1n) is 8.16. The largest absolute Gasteiger partial charge is 0.315 e. The predicted octanol–water partition coefficient (Wildman–Crippen LogP) is 3.28. The normalized spacial score (nSPS) is 34.7. The summed E-state index contributed by atoms with van der Waals surface area (Å²) >= 11 is 0. The Labute approximate surface area is 114 Å². The number of nitrogens with one attached hydrogen (secondary N) is 1. The van der Waals surface area contributed by atoms with Crippen molar-refractivity contribution >= 4 is 0 Å². The molecule has 1 saturated heterocycles. The highest BCUT2D eigenvalue weighted by Gasteiger charge is 2.20. The second-order valence-electron chi connectivity index (χ2n) is 6.76. The van der Waals surface area contributed by atoms with Gasteiger partial charge in [-0.25, -0.2) is 0 Å². The molecule has 106 valence electrons. The van der Waals surface area contributed by atoms with Crippen molar-refractivity contribution in [1.82, 2.24) is 10.2 Å². The predicted molar refractivity (Wildman–Crippen MR) is 78.9 cm³/mol. The molecule has 2 fully saturated rings. The Balaban J connectivity index is 1.55. The minimum Gasteiger partial charge on any atom is -0.315 e. The van der Waals surface area contributed by atoms with Crippen molar-refractivity contribution in [2.75, 3.05) is 26.7 Å². The number of hydrogen-bond donors (Lipinski definition) is 1. The molecule has 2 rings (SSSR count). The van der Waals surface area contributed by atoms with E-state index in [1.807, 2.05) is 0 Å². The Kier molecular flexibility index (Phi) is 5.97. The van der Waals surface area contributed by atoms with Crippen LogP contribution in [0.25, 0.3) is 0 Å². The van der Waals surface area contributed by atoms with Crippen molar-refractivity contribution < 1.29 is 0 Å². The molecule has 0 aromatic carbocycles. The van der Waals surface area contributed by atoms with Crippen LogP contribution < -0.4 is 5.32 Å². The fourth-order valence-corrected chi connectivity index (χ4v) is 3.80. The highest BCUT2D eigenvalue weighted by molar-refractivity contribution is 4.77. The van der Waals surface area contributed by atoms with Crippen LogP contribution in [0.2, 0.25) is 0 Å². The summed E-state index contributed by atoms with van der Waals surface area (Å²) in [5.74, 6) is 1.98. The Morgan fingerprint density at radius 3 is 2.78 bits per heavy atom. The summed E-state index contributed by atoms with van der Waals surface area (Å²) in [6.45, 7) is 6.17. The molecule has 3 atom stereocenters. The Hall–Kier alpha value is -0.0800. The third kappa shape index (κ3) is 4.55. The Morgan fingerprint density at radius 2 is 2.00 bits per heavy atom. The van der Waals surface area contributed by atoms with Crippen LogP contribution >= 0.6 is 0 Å². The average Bonchev–Trinajstić information content (AvgIpc) is 2.37. The standard InChI is InChI=1S/C16H32N2/c1-14-6-5-7-15(12-14)9-10-17-13-16-8-3-4-11-18(16)2/h14-17H,3-13H2,1-2H3. The first kappa shape index (κ1) is 14.3. The highest BCUT2D eigenvalue weighted by atomic mass is 15.2. The fraction of sp³-hybridized carbons (Fsp3) is 1.00. The Morgan fingerprint density at radius 1 is 1.11 bits per heavy atom. The van der Waals surface area contributed by atoms with Gasteiger partial charge in [0.2, 0.25) is 0 Å². The van der Waals surface area contributed by atoms with E-state index < -0.39 is 0 Å². The van der Waals surface area contributed by atoms with Crippen LogP contribution in [0.15, 0.2) is 0 Å². The van der Waals surface area contributed by atoms with Gasteiger partial charge >= 0.3 is 0 Å². The molecule has 0 spiro atoms. The van der Waals surface area contributed by atoms with Crippen LogP contribution in [0.3, 0.4) is 0 Å². The van der Waals surface area contributed by atoms with Crippen LogP contribution in [-0.4, -0.2) is 37.6 Å². The summed E-state index contributed by atoms with van der Waals surface area (Å²) in [7, 11) is 2.29. The quantitative estimate of drug-likeness (QED) is 0.755. The molecular formula is C16H32N2. The summed E-state index contributed by atoms with van der Waals surface area (Å²) in [5.41, 5.74) is 0. The van der Waals surface area contributed by atoms with E-state index in [0.717, 1.165) is 17.9 Å². The molecule has 2 heteroatoms. The van der Waals surface area contributed by atoms with E-state index in [-0.39, 0.29) is 0 Å². The molecule has 0 amide bonds. The Bertz CT molecular complexity index is 229. The zero-order valence-corrected chi connectivity index (χ0v) is 12.5. The number of likely N-dealkylation sites (N-methyl/N-ethyl adjacent to an activating group) is 1. The molecule has 1 N–H and O–H groups in total. The van der Waals surface area contributed by atoms with Gasteiger partial charge in [-0.3, -0.25) is 0 Å². The minimum atomic E-state index is 0.795. The van der Waals surface area contributed by atoms with Crippen molar-refractivity contribution in [3.8, 4) is 0 Å². The van der Waals surface area contributed by atoms with Crippen LogP contribution in [0.1, 0.15) is 58.3 Å². The van der Waals surface area contributed by atoms with Gasteiger partial charge < -0.3 is 10.2 Å². The van der Waals surface area contributed by atoms with Crippen molar-refractivity contribution in [3.05, 3.63) is 0 Å². The summed E-state index contributed by atoms with van der Waals surface area (Å²) in [6, 6.07) is 0.795. The monoisotopic (exact) mass is 252 g/mol. The molecule has 1 saturated carbocycles. The van der Waals surface area contributed by atoms with E-state index in [1.54, 1.807) is 0 Å². The van der Waals surface area contributed by atoms with E-state index in [0.29, 0.717) is 0 Å². The smallest absolute Gasteiger partial charge is 0.0217 e. The lowest BCUT2D eigenvalue weighted by atomic mass is 9.81. The molecule has 0 aromatic heterocycles. The van der Waals surface area contributed by atoms with Crippen molar-refractivity contribution in [2.45, 2.75) is 64.3 Å². The van der Waals surface area contributed by atoms with Gasteiger partial charge in [-0.2, -0.15) is 0 Å². The molecule has 1 aliphatic carbocycles. The summed E-state index contributed by atoms with van der Waals surface area (Å²) in [6.07, 6.45) is 11.5. The molecule has 0 bridgehead atoms. The maximum atomic E-state index is 3.71. The van der Waals surface area contributed by atoms with Crippen LogP contribution in [0, 0.1) is 11.8 Å². The van der Waals surface area contributed by atoms with Crippen LogP contribution in [0.4, 0.5) is 0 Å². The molecule has 1 aliphatic heterocycles. The number of nitrogens with zero attached hydrogens (tertiary/aromatic N) is 1. The van der Waals surface area contributed by atoms with Gasteiger partial charge in [0.15, 0.2) is 0 Å². The fourth-order valence-electron chi connectivity index (χ4n) is 3.80. The zero-order valence-electron chi connectivity index (χ0n) is 12.5. The lowest BCUT2D eigenvalue weighted by Gasteiger charge is -2.33. The van der Waals surface area contributed by atoms with Crippen molar-refractivity contribution in [1.29, 1.82) is 0 Å². The summed E-state index contributed by atoms with van der Waals surface area (Å²) < 4.78 is 0. The second kappa shape index (κ2) is 7.49. The third-order valence-electron chi connectivity index (χ3n) is 5.08. The summed E-state index contributed by atoms with van der Waals surface area (Å²) in [4.78, 5) is 2.54. The lowest BCUT2D eigenvalue weighted by Crippen LogP contribution is -2.43. The molecule has 2 nitrogen and oxygen atoms in total. The SMILES string of the molecule is CC1CCCC(CCNCC2CCCCN2C)C1. The molecule has 0 radical (unpaired) electrons. The van der Waals surface area contributed by atoms with E-state index in [2.05, 4.69) is 24.2 Å². The van der Waals surface area contributed by atoms with Crippen LogP contribution in [0.5, 0.6) is 0 Å². The molecule has 3 unspecified atom stereocenters. The summed E-state index contributed by atoms with van der Waals surface area (Å²) in [5, 5.41) is 3.71.